The molecule has 3 aliphatic rings. The molecule has 0 bridgehead atoms. The van der Waals surface area contributed by atoms with Crippen LogP contribution < -0.4 is 5.32 Å². The summed E-state index contributed by atoms with van der Waals surface area (Å²) >= 11 is 0. The number of carbonyl (C=O) groups excluding carboxylic acids is 3. The Labute approximate surface area is 172 Å². The topological polar surface area (TPSA) is 69.7 Å². The molecule has 6 nitrogen and oxygen atoms in total. The Morgan fingerprint density at radius 2 is 1.72 bits per heavy atom. The number of urea groups is 1. The van der Waals surface area contributed by atoms with Crippen LogP contribution in [0.3, 0.4) is 0 Å². The van der Waals surface area contributed by atoms with Crippen molar-refractivity contribution in [2.75, 3.05) is 19.6 Å². The summed E-state index contributed by atoms with van der Waals surface area (Å²) in [5, 5.41) is 2.90. The van der Waals surface area contributed by atoms with E-state index in [1.807, 2.05) is 11.0 Å². The van der Waals surface area contributed by atoms with Crippen molar-refractivity contribution in [3.8, 4) is 0 Å². The minimum absolute atomic E-state index is 0.118. The first-order valence-electron chi connectivity index (χ1n) is 10.9. The Hall–Kier alpha value is -2.37. The third-order valence-corrected chi connectivity index (χ3v) is 7.00. The fourth-order valence-corrected chi connectivity index (χ4v) is 4.98. The molecule has 156 valence electrons. The van der Waals surface area contributed by atoms with Crippen molar-refractivity contribution in [2.24, 2.45) is 11.8 Å². The molecule has 4 rings (SSSR count). The minimum Gasteiger partial charge on any atom is -0.341 e. The predicted molar refractivity (Wildman–Crippen MR) is 110 cm³/mol. The van der Waals surface area contributed by atoms with Crippen molar-refractivity contribution in [3.05, 3.63) is 35.9 Å². The summed E-state index contributed by atoms with van der Waals surface area (Å²) in [6, 6.07) is 10.0. The van der Waals surface area contributed by atoms with Crippen LogP contribution in [0.5, 0.6) is 0 Å². The average Bonchev–Trinajstić information content (AvgIpc) is 2.96. The molecule has 0 unspecified atom stereocenters. The molecule has 2 saturated heterocycles. The van der Waals surface area contributed by atoms with Gasteiger partial charge in [-0.05, 0) is 62.3 Å². The van der Waals surface area contributed by atoms with E-state index in [0.717, 1.165) is 37.0 Å². The number of nitrogens with one attached hydrogen (secondary N) is 1. The van der Waals surface area contributed by atoms with Crippen LogP contribution in [0.4, 0.5) is 4.79 Å². The van der Waals surface area contributed by atoms with Gasteiger partial charge in [-0.25, -0.2) is 4.79 Å². The number of hydrogen-bond acceptors (Lipinski definition) is 3. The minimum atomic E-state index is -0.771. The highest BCUT2D eigenvalue weighted by atomic mass is 16.2. The first-order chi connectivity index (χ1) is 14.0. The van der Waals surface area contributed by atoms with E-state index in [1.165, 1.54) is 5.56 Å². The maximum Gasteiger partial charge on any atom is 0.325 e. The molecule has 0 atom stereocenters. The standard InChI is InChI=1S/C23H31N3O3/c1-17-7-11-23(12-8-17)21(28)26(22(29)24-23)16-20(27)25-13-9-19(10-14-25)15-18-5-3-2-4-6-18/h2-6,17,19H,7-16H2,1H3,(H,24,29). The van der Waals surface area contributed by atoms with Crippen LogP contribution in [-0.2, 0) is 16.0 Å². The van der Waals surface area contributed by atoms with E-state index in [1.54, 1.807) is 0 Å². The molecule has 1 saturated carbocycles. The molecule has 1 spiro atoms. The van der Waals surface area contributed by atoms with Gasteiger partial charge in [0.2, 0.25) is 5.91 Å². The lowest BCUT2D eigenvalue weighted by Crippen LogP contribution is -2.50. The molecule has 2 aliphatic heterocycles. The second-order valence-electron chi connectivity index (χ2n) is 9.10. The van der Waals surface area contributed by atoms with Gasteiger partial charge in [0, 0.05) is 13.1 Å². The molecule has 1 aromatic rings. The molecule has 1 aliphatic carbocycles. The number of amides is 4. The molecular formula is C23H31N3O3. The Bertz CT molecular complexity index is 763. The summed E-state index contributed by atoms with van der Waals surface area (Å²) in [5.41, 5.74) is 0.565. The van der Waals surface area contributed by atoms with Crippen LogP contribution in [0.15, 0.2) is 30.3 Å². The van der Waals surface area contributed by atoms with Gasteiger partial charge >= 0.3 is 6.03 Å². The molecule has 1 aromatic carbocycles. The summed E-state index contributed by atoms with van der Waals surface area (Å²) in [5.74, 6) is 0.832. The van der Waals surface area contributed by atoms with Crippen molar-refractivity contribution in [3.63, 3.8) is 0 Å². The largest absolute Gasteiger partial charge is 0.341 e. The van der Waals surface area contributed by atoms with E-state index in [0.29, 0.717) is 37.8 Å². The highest BCUT2D eigenvalue weighted by Gasteiger charge is 2.52. The van der Waals surface area contributed by atoms with Crippen molar-refractivity contribution in [2.45, 2.75) is 57.4 Å². The molecule has 1 N–H and O–H groups in total. The summed E-state index contributed by atoms with van der Waals surface area (Å²) in [7, 11) is 0. The van der Waals surface area contributed by atoms with E-state index < -0.39 is 11.6 Å². The van der Waals surface area contributed by atoms with Gasteiger partial charge in [0.15, 0.2) is 0 Å². The Morgan fingerprint density at radius 3 is 2.38 bits per heavy atom. The van der Waals surface area contributed by atoms with Crippen LogP contribution in [-0.4, -0.2) is 52.8 Å². The van der Waals surface area contributed by atoms with Crippen molar-refractivity contribution in [1.82, 2.24) is 15.1 Å². The quantitative estimate of drug-likeness (QED) is 0.794. The zero-order chi connectivity index (χ0) is 20.4. The lowest BCUT2D eigenvalue weighted by Gasteiger charge is -2.34. The van der Waals surface area contributed by atoms with Gasteiger partial charge in [0.1, 0.15) is 12.1 Å². The Balaban J connectivity index is 1.30. The molecule has 6 heteroatoms. The van der Waals surface area contributed by atoms with E-state index >= 15 is 0 Å². The van der Waals surface area contributed by atoms with Gasteiger partial charge in [0.05, 0.1) is 0 Å². The van der Waals surface area contributed by atoms with Crippen molar-refractivity contribution in [1.29, 1.82) is 0 Å². The van der Waals surface area contributed by atoms with Crippen molar-refractivity contribution < 1.29 is 14.4 Å². The van der Waals surface area contributed by atoms with E-state index in [9.17, 15) is 14.4 Å². The van der Waals surface area contributed by atoms with Crippen LogP contribution in [0, 0.1) is 11.8 Å². The summed E-state index contributed by atoms with van der Waals surface area (Å²) in [6.07, 6.45) is 6.18. The highest BCUT2D eigenvalue weighted by molar-refractivity contribution is 6.09. The van der Waals surface area contributed by atoms with E-state index in [2.05, 4.69) is 36.5 Å². The van der Waals surface area contributed by atoms with Gasteiger partial charge in [-0.2, -0.15) is 0 Å². The SMILES string of the molecule is CC1CCC2(CC1)NC(=O)N(CC(=O)N1CCC(Cc3ccccc3)CC1)C2=O. The fourth-order valence-electron chi connectivity index (χ4n) is 4.98. The van der Waals surface area contributed by atoms with Gasteiger partial charge in [-0.1, -0.05) is 37.3 Å². The molecule has 29 heavy (non-hydrogen) atoms. The first-order valence-corrected chi connectivity index (χ1v) is 10.9. The van der Waals surface area contributed by atoms with Crippen molar-refractivity contribution >= 4 is 17.8 Å². The number of rotatable bonds is 4. The highest BCUT2D eigenvalue weighted by Crippen LogP contribution is 2.36. The third-order valence-electron chi connectivity index (χ3n) is 7.00. The second-order valence-corrected chi connectivity index (χ2v) is 9.10. The van der Waals surface area contributed by atoms with Crippen LogP contribution in [0.25, 0.3) is 0 Å². The Kier molecular flexibility index (Phi) is 5.61. The molecule has 0 aromatic heterocycles. The van der Waals surface area contributed by atoms with E-state index in [4.69, 9.17) is 0 Å². The average molecular weight is 398 g/mol. The molecule has 0 radical (unpaired) electrons. The summed E-state index contributed by atoms with van der Waals surface area (Å²) in [6.45, 7) is 3.44. The monoisotopic (exact) mass is 397 g/mol. The zero-order valence-corrected chi connectivity index (χ0v) is 17.2. The number of benzene rings is 1. The summed E-state index contributed by atoms with van der Waals surface area (Å²) < 4.78 is 0. The van der Waals surface area contributed by atoms with Crippen LogP contribution >= 0.6 is 0 Å². The number of carbonyl (C=O) groups is 3. The first kappa shape index (κ1) is 19.9. The number of nitrogens with zero attached hydrogens (tertiary/aromatic N) is 2. The van der Waals surface area contributed by atoms with Crippen LogP contribution in [0.1, 0.15) is 51.0 Å². The molecular weight excluding hydrogens is 366 g/mol. The lowest BCUT2D eigenvalue weighted by atomic mass is 9.77. The molecule has 3 fully saturated rings. The molecule has 2 heterocycles. The Morgan fingerprint density at radius 1 is 1.07 bits per heavy atom. The summed E-state index contributed by atoms with van der Waals surface area (Å²) in [4.78, 5) is 41.1. The zero-order valence-electron chi connectivity index (χ0n) is 17.2. The van der Waals surface area contributed by atoms with Gasteiger partial charge in [-0.15, -0.1) is 0 Å². The second kappa shape index (κ2) is 8.17. The number of imide groups is 1. The van der Waals surface area contributed by atoms with Crippen LogP contribution in [0.2, 0.25) is 0 Å². The number of piperidine rings is 1. The van der Waals surface area contributed by atoms with Gasteiger partial charge in [0.25, 0.3) is 5.91 Å². The van der Waals surface area contributed by atoms with E-state index in [-0.39, 0.29) is 18.4 Å². The molecule has 4 amide bonds. The number of hydrogen-bond donors (Lipinski definition) is 1. The maximum absolute atomic E-state index is 12.9. The number of likely N-dealkylation sites (tertiary alicyclic amines) is 1. The normalized spacial score (nSPS) is 28.1. The third kappa shape index (κ3) is 4.16. The lowest BCUT2D eigenvalue weighted by molar-refractivity contribution is -0.140. The fraction of sp³-hybridized carbons (Fsp3) is 0.609. The maximum atomic E-state index is 12.9. The van der Waals surface area contributed by atoms with Gasteiger partial charge in [-0.3, -0.25) is 14.5 Å². The van der Waals surface area contributed by atoms with Gasteiger partial charge < -0.3 is 10.2 Å². The smallest absolute Gasteiger partial charge is 0.325 e. The predicted octanol–water partition coefficient (Wildman–Crippen LogP) is 2.97.